The molecule has 20 heavy (non-hydrogen) atoms. The van der Waals surface area contributed by atoms with Crippen LogP contribution in [0.1, 0.15) is 32.6 Å². The van der Waals surface area contributed by atoms with E-state index in [1.807, 2.05) is 0 Å². The van der Waals surface area contributed by atoms with Crippen LogP contribution in [0.2, 0.25) is 0 Å². The Balaban J connectivity index is 2.11. The van der Waals surface area contributed by atoms with Gasteiger partial charge in [0.05, 0.1) is 24.9 Å². The van der Waals surface area contributed by atoms with Crippen LogP contribution < -0.4 is 0 Å². The number of aliphatic carboxylic acids is 1. The summed E-state index contributed by atoms with van der Waals surface area (Å²) in [5.74, 6) is -0.357. The number of ether oxygens (including phenoxy) is 1. The summed E-state index contributed by atoms with van der Waals surface area (Å²) in [5, 5.41) is 8.53. The average Bonchev–Trinajstić information content (AvgIpc) is 2.40. The first kappa shape index (κ1) is 17.4. The Morgan fingerprint density at radius 2 is 2.00 bits per heavy atom. The summed E-state index contributed by atoms with van der Waals surface area (Å²) >= 11 is 0. The molecule has 1 rings (SSSR count). The van der Waals surface area contributed by atoms with E-state index in [-0.39, 0.29) is 30.6 Å². The topological polar surface area (TPSA) is 83.9 Å². The van der Waals surface area contributed by atoms with Crippen molar-refractivity contribution in [3.63, 3.8) is 0 Å². The third-order valence-electron chi connectivity index (χ3n) is 3.57. The Kier molecular flexibility index (Phi) is 7.47. The molecule has 0 aromatic rings. The third kappa shape index (κ3) is 7.21. The van der Waals surface area contributed by atoms with E-state index in [4.69, 9.17) is 9.84 Å². The monoisotopic (exact) mass is 307 g/mol. The maximum atomic E-state index is 11.4. The number of nitrogens with zero attached hydrogens (tertiary/aromatic N) is 1. The van der Waals surface area contributed by atoms with Crippen molar-refractivity contribution in [3.05, 3.63) is 0 Å². The molecule has 0 saturated carbocycles. The van der Waals surface area contributed by atoms with Gasteiger partial charge in [-0.3, -0.25) is 4.79 Å². The second-order valence-corrected chi connectivity index (χ2v) is 7.62. The second-order valence-electron chi connectivity index (χ2n) is 5.15. The minimum atomic E-state index is -2.86. The molecule has 0 atom stereocenters. The SMILES string of the molecule is CCS(=O)(=O)CCCN1CCC(OCCC(=O)O)CC1. The van der Waals surface area contributed by atoms with Crippen LogP contribution in [0.4, 0.5) is 0 Å². The van der Waals surface area contributed by atoms with Gasteiger partial charge in [-0.05, 0) is 25.8 Å². The molecule has 0 spiro atoms. The number of hydrogen-bond donors (Lipinski definition) is 1. The van der Waals surface area contributed by atoms with Crippen LogP contribution in [-0.4, -0.2) is 68.2 Å². The molecule has 1 fully saturated rings. The predicted molar refractivity (Wildman–Crippen MR) is 76.6 cm³/mol. The minimum absolute atomic E-state index is 0.0507. The fourth-order valence-electron chi connectivity index (χ4n) is 2.26. The van der Waals surface area contributed by atoms with Crippen molar-refractivity contribution in [3.8, 4) is 0 Å². The zero-order valence-electron chi connectivity index (χ0n) is 12.1. The number of likely N-dealkylation sites (tertiary alicyclic amines) is 1. The highest BCUT2D eigenvalue weighted by Gasteiger charge is 2.20. The highest BCUT2D eigenvalue weighted by Crippen LogP contribution is 2.14. The summed E-state index contributed by atoms with van der Waals surface area (Å²) in [4.78, 5) is 12.6. The Morgan fingerprint density at radius 3 is 2.55 bits per heavy atom. The molecule has 0 aromatic carbocycles. The standard InChI is InChI=1S/C13H25NO5S/c1-2-20(17,18)11-3-7-14-8-4-12(5-9-14)19-10-6-13(15)16/h12H,2-11H2,1H3,(H,15,16). The number of piperidine rings is 1. The van der Waals surface area contributed by atoms with Gasteiger partial charge in [-0.15, -0.1) is 0 Å². The van der Waals surface area contributed by atoms with Gasteiger partial charge >= 0.3 is 5.97 Å². The predicted octanol–water partition coefficient (Wildman–Crippen LogP) is 0.767. The average molecular weight is 307 g/mol. The van der Waals surface area contributed by atoms with E-state index in [1.54, 1.807) is 6.92 Å². The van der Waals surface area contributed by atoms with E-state index in [9.17, 15) is 13.2 Å². The zero-order valence-corrected chi connectivity index (χ0v) is 12.9. The van der Waals surface area contributed by atoms with Gasteiger partial charge in [0.25, 0.3) is 0 Å². The first-order valence-electron chi connectivity index (χ1n) is 7.19. The lowest BCUT2D eigenvalue weighted by Crippen LogP contribution is -2.38. The van der Waals surface area contributed by atoms with E-state index in [2.05, 4.69) is 4.90 Å². The van der Waals surface area contributed by atoms with Gasteiger partial charge < -0.3 is 14.7 Å². The minimum Gasteiger partial charge on any atom is -0.481 e. The van der Waals surface area contributed by atoms with Crippen LogP contribution in [0.5, 0.6) is 0 Å². The number of sulfone groups is 1. The number of rotatable bonds is 9. The van der Waals surface area contributed by atoms with Crippen molar-refractivity contribution in [2.75, 3.05) is 37.7 Å². The lowest BCUT2D eigenvalue weighted by Gasteiger charge is -2.31. The van der Waals surface area contributed by atoms with Gasteiger partial charge in [0.2, 0.25) is 0 Å². The normalized spacial score (nSPS) is 18.2. The van der Waals surface area contributed by atoms with Gasteiger partial charge in [0.15, 0.2) is 0 Å². The van der Waals surface area contributed by atoms with E-state index in [0.29, 0.717) is 6.42 Å². The number of carbonyl (C=O) groups is 1. The molecule has 0 aliphatic carbocycles. The van der Waals surface area contributed by atoms with Crippen molar-refractivity contribution < 1.29 is 23.1 Å². The fourth-order valence-corrected chi connectivity index (χ4v) is 3.12. The molecule has 1 heterocycles. The van der Waals surface area contributed by atoms with Crippen molar-refractivity contribution >= 4 is 15.8 Å². The smallest absolute Gasteiger partial charge is 0.305 e. The van der Waals surface area contributed by atoms with Crippen molar-refractivity contribution in [1.82, 2.24) is 4.90 Å². The molecule has 0 unspecified atom stereocenters. The molecular weight excluding hydrogens is 282 g/mol. The molecule has 118 valence electrons. The van der Waals surface area contributed by atoms with E-state index >= 15 is 0 Å². The largest absolute Gasteiger partial charge is 0.481 e. The summed E-state index contributed by atoms with van der Waals surface area (Å²) < 4.78 is 28.3. The summed E-state index contributed by atoms with van der Waals surface area (Å²) in [6.07, 6.45) is 2.65. The van der Waals surface area contributed by atoms with Crippen molar-refractivity contribution in [2.45, 2.75) is 38.7 Å². The van der Waals surface area contributed by atoms with Crippen LogP contribution in [0.15, 0.2) is 0 Å². The highest BCUT2D eigenvalue weighted by molar-refractivity contribution is 7.91. The lowest BCUT2D eigenvalue weighted by atomic mass is 10.1. The van der Waals surface area contributed by atoms with Crippen LogP contribution in [0.3, 0.4) is 0 Å². The number of carboxylic acid groups (broad SMARTS) is 1. The zero-order chi connectivity index (χ0) is 15.0. The first-order valence-corrected chi connectivity index (χ1v) is 9.01. The molecule has 0 radical (unpaired) electrons. The number of carboxylic acids is 1. The number of hydrogen-bond acceptors (Lipinski definition) is 5. The second kappa shape index (κ2) is 8.59. The van der Waals surface area contributed by atoms with Crippen molar-refractivity contribution in [1.29, 1.82) is 0 Å². The third-order valence-corrected chi connectivity index (χ3v) is 5.36. The van der Waals surface area contributed by atoms with Gasteiger partial charge in [0, 0.05) is 18.8 Å². The quantitative estimate of drug-likeness (QED) is 0.677. The maximum absolute atomic E-state index is 11.4. The highest BCUT2D eigenvalue weighted by atomic mass is 32.2. The van der Waals surface area contributed by atoms with E-state index in [1.165, 1.54) is 0 Å². The molecule has 1 aliphatic rings. The molecule has 0 amide bonds. The van der Waals surface area contributed by atoms with Crippen molar-refractivity contribution in [2.24, 2.45) is 0 Å². The van der Waals surface area contributed by atoms with Gasteiger partial charge in [-0.1, -0.05) is 6.92 Å². The van der Waals surface area contributed by atoms with Crippen LogP contribution in [-0.2, 0) is 19.4 Å². The van der Waals surface area contributed by atoms with Crippen LogP contribution >= 0.6 is 0 Å². The van der Waals surface area contributed by atoms with E-state index in [0.717, 1.165) is 32.5 Å². The molecule has 1 N–H and O–H groups in total. The Morgan fingerprint density at radius 1 is 1.35 bits per heavy atom. The first-order chi connectivity index (χ1) is 9.43. The summed E-state index contributed by atoms with van der Waals surface area (Å²) in [6, 6.07) is 0. The van der Waals surface area contributed by atoms with Gasteiger partial charge in [0.1, 0.15) is 9.84 Å². The Labute approximate surface area is 121 Å². The molecular formula is C13H25NO5S. The Bertz CT molecular complexity index is 388. The molecule has 6 nitrogen and oxygen atoms in total. The molecule has 0 aromatic heterocycles. The molecule has 1 aliphatic heterocycles. The Hall–Kier alpha value is -0.660. The maximum Gasteiger partial charge on any atom is 0.305 e. The van der Waals surface area contributed by atoms with Crippen LogP contribution in [0, 0.1) is 0 Å². The molecule has 7 heteroatoms. The van der Waals surface area contributed by atoms with Gasteiger partial charge in [-0.2, -0.15) is 0 Å². The molecule has 0 bridgehead atoms. The fraction of sp³-hybridized carbons (Fsp3) is 0.923. The summed E-state index contributed by atoms with van der Waals surface area (Å²) in [6.45, 7) is 4.54. The van der Waals surface area contributed by atoms with Gasteiger partial charge in [-0.25, -0.2) is 8.42 Å². The summed E-state index contributed by atoms with van der Waals surface area (Å²) in [5.41, 5.74) is 0. The molecule has 1 saturated heterocycles. The lowest BCUT2D eigenvalue weighted by molar-refractivity contribution is -0.138. The van der Waals surface area contributed by atoms with Crippen LogP contribution in [0.25, 0.3) is 0 Å². The summed E-state index contributed by atoms with van der Waals surface area (Å²) in [7, 11) is -2.86. The van der Waals surface area contributed by atoms with E-state index < -0.39 is 15.8 Å².